The SMILES string of the molecule is CC(N)c1ccc([Si](Cl)(Cl)Cl)cc1. The predicted octanol–water partition coefficient (Wildman–Crippen LogP) is 2.57. The Balaban J connectivity index is 2.94. The summed E-state index contributed by atoms with van der Waals surface area (Å²) in [6, 6.07) is 4.76. The van der Waals surface area contributed by atoms with E-state index in [4.69, 9.17) is 39.0 Å². The third kappa shape index (κ3) is 3.15. The molecular weight excluding hydrogens is 245 g/mol. The minimum Gasteiger partial charge on any atom is -0.324 e. The number of hydrogen-bond acceptors (Lipinski definition) is 1. The third-order valence-corrected chi connectivity index (χ3v) is 4.72. The van der Waals surface area contributed by atoms with Crippen molar-refractivity contribution in [3.63, 3.8) is 0 Å². The Bertz CT molecular complexity index is 278. The molecule has 0 radical (unpaired) electrons. The van der Waals surface area contributed by atoms with Crippen LogP contribution in [0.15, 0.2) is 24.3 Å². The zero-order valence-corrected chi connectivity index (χ0v) is 10.4. The molecule has 1 atom stereocenters. The molecule has 0 saturated carbocycles. The van der Waals surface area contributed by atoms with E-state index >= 15 is 0 Å². The van der Waals surface area contributed by atoms with Crippen LogP contribution in [0.5, 0.6) is 0 Å². The molecule has 0 saturated heterocycles. The van der Waals surface area contributed by atoms with Crippen LogP contribution in [-0.4, -0.2) is 6.00 Å². The Morgan fingerprint density at radius 3 is 1.92 bits per heavy atom. The van der Waals surface area contributed by atoms with E-state index in [1.807, 2.05) is 31.2 Å². The van der Waals surface area contributed by atoms with Gasteiger partial charge < -0.3 is 5.73 Å². The van der Waals surface area contributed by atoms with Crippen LogP contribution >= 0.6 is 33.2 Å². The molecule has 0 aliphatic carbocycles. The summed E-state index contributed by atoms with van der Waals surface area (Å²) >= 11 is 17.5. The number of nitrogens with two attached hydrogens (primary N) is 1. The van der Waals surface area contributed by atoms with Crippen molar-refractivity contribution in [3.8, 4) is 0 Å². The van der Waals surface area contributed by atoms with Crippen molar-refractivity contribution in [1.82, 2.24) is 0 Å². The average Bonchev–Trinajstić information content (AvgIpc) is 2.03. The molecule has 1 unspecified atom stereocenters. The van der Waals surface area contributed by atoms with Crippen molar-refractivity contribution in [2.45, 2.75) is 13.0 Å². The highest BCUT2D eigenvalue weighted by molar-refractivity contribution is 7.69. The van der Waals surface area contributed by atoms with E-state index in [1.54, 1.807) is 0 Å². The highest BCUT2D eigenvalue weighted by Crippen LogP contribution is 2.20. The second-order valence-corrected chi connectivity index (χ2v) is 11.3. The van der Waals surface area contributed by atoms with Gasteiger partial charge in [0.25, 0.3) is 0 Å². The topological polar surface area (TPSA) is 26.0 Å². The van der Waals surface area contributed by atoms with Crippen LogP contribution in [0.3, 0.4) is 0 Å². The summed E-state index contributed by atoms with van der Waals surface area (Å²) in [5, 5.41) is 0.793. The van der Waals surface area contributed by atoms with E-state index < -0.39 is 6.00 Å². The Kier molecular flexibility index (Phi) is 3.66. The maximum atomic E-state index is 5.83. The fraction of sp³-hybridized carbons (Fsp3) is 0.250. The van der Waals surface area contributed by atoms with E-state index in [0.29, 0.717) is 0 Å². The summed E-state index contributed by atoms with van der Waals surface area (Å²) in [6.45, 7) is 1.92. The molecule has 1 nitrogen and oxygen atoms in total. The van der Waals surface area contributed by atoms with Gasteiger partial charge in [0.2, 0.25) is 0 Å². The Morgan fingerprint density at radius 2 is 1.62 bits per heavy atom. The molecule has 0 fully saturated rings. The zero-order valence-electron chi connectivity index (χ0n) is 7.10. The summed E-state index contributed by atoms with van der Waals surface area (Å²) in [5.41, 5.74) is 6.73. The first-order valence-electron chi connectivity index (χ1n) is 3.84. The minimum atomic E-state index is -2.72. The van der Waals surface area contributed by atoms with Crippen molar-refractivity contribution < 1.29 is 0 Å². The van der Waals surface area contributed by atoms with Gasteiger partial charge in [-0.05, 0) is 17.7 Å². The van der Waals surface area contributed by atoms with Gasteiger partial charge in [0.15, 0.2) is 0 Å². The summed E-state index contributed by atoms with van der Waals surface area (Å²) in [4.78, 5) is 0. The fourth-order valence-corrected chi connectivity index (χ4v) is 2.65. The first kappa shape index (κ1) is 11.3. The van der Waals surface area contributed by atoms with Gasteiger partial charge in [0, 0.05) is 6.04 Å². The summed E-state index contributed by atoms with van der Waals surface area (Å²) in [7, 11) is 0. The van der Waals surface area contributed by atoms with Crippen LogP contribution in [0.4, 0.5) is 0 Å². The van der Waals surface area contributed by atoms with E-state index in [0.717, 1.165) is 10.8 Å². The molecule has 0 heterocycles. The number of benzene rings is 1. The molecule has 72 valence electrons. The van der Waals surface area contributed by atoms with Gasteiger partial charge in [-0.2, -0.15) is 0 Å². The number of halogens is 3. The molecule has 5 heteroatoms. The molecule has 0 bridgehead atoms. The summed E-state index contributed by atoms with van der Waals surface area (Å²) < 4.78 is 0. The highest BCUT2D eigenvalue weighted by Gasteiger charge is 2.27. The normalized spacial score (nSPS) is 14.2. The molecule has 2 N–H and O–H groups in total. The second-order valence-electron chi connectivity index (χ2n) is 2.91. The average molecular weight is 255 g/mol. The van der Waals surface area contributed by atoms with Crippen molar-refractivity contribution in [3.05, 3.63) is 29.8 Å². The lowest BCUT2D eigenvalue weighted by Crippen LogP contribution is -2.29. The maximum absolute atomic E-state index is 5.83. The van der Waals surface area contributed by atoms with Crippen LogP contribution < -0.4 is 10.9 Å². The van der Waals surface area contributed by atoms with Gasteiger partial charge >= 0.3 is 6.00 Å². The van der Waals surface area contributed by atoms with Crippen LogP contribution in [0, 0.1) is 0 Å². The highest BCUT2D eigenvalue weighted by atomic mass is 35.8. The monoisotopic (exact) mass is 253 g/mol. The first-order chi connectivity index (χ1) is 5.91. The van der Waals surface area contributed by atoms with Crippen molar-refractivity contribution in [2.75, 3.05) is 0 Å². The molecule has 0 aliphatic heterocycles. The maximum Gasteiger partial charge on any atom is 0.372 e. The number of hydrogen-bond donors (Lipinski definition) is 1. The van der Waals surface area contributed by atoms with Crippen LogP contribution in [0.2, 0.25) is 0 Å². The largest absolute Gasteiger partial charge is 0.372 e. The van der Waals surface area contributed by atoms with Gasteiger partial charge in [0.1, 0.15) is 0 Å². The van der Waals surface area contributed by atoms with Crippen LogP contribution in [0.1, 0.15) is 18.5 Å². The first-order valence-corrected chi connectivity index (χ1v) is 8.87. The third-order valence-electron chi connectivity index (χ3n) is 1.76. The molecular formula is C8H10Cl3NSi. The van der Waals surface area contributed by atoms with Crippen molar-refractivity contribution in [1.29, 1.82) is 0 Å². The summed E-state index contributed by atoms with van der Waals surface area (Å²) in [5.74, 6) is 0. The molecule has 0 aliphatic rings. The molecule has 13 heavy (non-hydrogen) atoms. The lowest BCUT2D eigenvalue weighted by atomic mass is 10.1. The van der Waals surface area contributed by atoms with Crippen LogP contribution in [0.25, 0.3) is 0 Å². The quantitative estimate of drug-likeness (QED) is 0.637. The van der Waals surface area contributed by atoms with E-state index in [1.165, 1.54) is 0 Å². The molecule has 0 amide bonds. The van der Waals surface area contributed by atoms with Crippen LogP contribution in [-0.2, 0) is 0 Å². The Morgan fingerprint density at radius 1 is 1.15 bits per heavy atom. The van der Waals surface area contributed by atoms with Gasteiger partial charge in [-0.3, -0.25) is 0 Å². The van der Waals surface area contributed by atoms with Gasteiger partial charge in [-0.25, -0.2) is 0 Å². The standard InChI is InChI=1S/C8H10Cl3NSi/c1-6(12)7-2-4-8(5-3-7)13(9,10)11/h2-6H,12H2,1H3. The molecule has 1 aromatic rings. The second kappa shape index (κ2) is 4.19. The Hall–Kier alpha value is 0.267. The summed E-state index contributed by atoms with van der Waals surface area (Å²) in [6.07, 6.45) is 0. The van der Waals surface area contributed by atoms with Crippen molar-refractivity contribution >= 4 is 44.4 Å². The van der Waals surface area contributed by atoms with Gasteiger partial charge in [-0.1, -0.05) is 24.3 Å². The van der Waals surface area contributed by atoms with Gasteiger partial charge in [-0.15, -0.1) is 33.2 Å². The smallest absolute Gasteiger partial charge is 0.324 e. The van der Waals surface area contributed by atoms with Gasteiger partial charge in [0.05, 0.1) is 0 Å². The fourth-order valence-electron chi connectivity index (χ4n) is 0.976. The lowest BCUT2D eigenvalue weighted by molar-refractivity contribution is 0.819. The minimum absolute atomic E-state index is 0.0195. The van der Waals surface area contributed by atoms with Crippen molar-refractivity contribution in [2.24, 2.45) is 5.73 Å². The van der Waals surface area contributed by atoms with E-state index in [9.17, 15) is 0 Å². The molecule has 1 rings (SSSR count). The molecule has 1 aromatic carbocycles. The zero-order chi connectivity index (χ0) is 10.1. The number of rotatable bonds is 2. The van der Waals surface area contributed by atoms with E-state index in [-0.39, 0.29) is 6.04 Å². The van der Waals surface area contributed by atoms with E-state index in [2.05, 4.69) is 0 Å². The molecule has 0 spiro atoms. The lowest BCUT2D eigenvalue weighted by Gasteiger charge is -2.10. The predicted molar refractivity (Wildman–Crippen MR) is 62.0 cm³/mol. The Labute approximate surface area is 92.9 Å². The molecule has 0 aromatic heterocycles.